The number of benzene rings is 2. The highest BCUT2D eigenvalue weighted by molar-refractivity contribution is 6.02. The van der Waals surface area contributed by atoms with E-state index >= 15 is 0 Å². The molecule has 0 radical (unpaired) electrons. The van der Waals surface area contributed by atoms with E-state index in [2.05, 4.69) is 5.32 Å². The zero-order valence-corrected chi connectivity index (χ0v) is 19.0. The van der Waals surface area contributed by atoms with Crippen LogP contribution in [0, 0.1) is 13.8 Å². The summed E-state index contributed by atoms with van der Waals surface area (Å²) < 4.78 is 10.7. The van der Waals surface area contributed by atoms with Crippen LogP contribution < -0.4 is 5.32 Å². The highest BCUT2D eigenvalue weighted by Gasteiger charge is 2.37. The zero-order chi connectivity index (χ0) is 23.1. The van der Waals surface area contributed by atoms with Crippen LogP contribution in [0.5, 0.6) is 0 Å². The molecule has 1 aliphatic heterocycles. The molecule has 2 aromatic rings. The van der Waals surface area contributed by atoms with E-state index in [1.54, 1.807) is 6.07 Å². The molecule has 0 unspecified atom stereocenters. The second-order valence-corrected chi connectivity index (χ2v) is 8.50. The fourth-order valence-electron chi connectivity index (χ4n) is 4.32. The van der Waals surface area contributed by atoms with E-state index in [-0.39, 0.29) is 31.6 Å². The summed E-state index contributed by atoms with van der Waals surface area (Å²) >= 11 is 0. The number of methoxy groups -OCH3 is 1. The maximum atomic E-state index is 13.0. The first-order valence-corrected chi connectivity index (χ1v) is 10.9. The maximum Gasteiger partial charge on any atom is 0.362 e. The number of aryl methyl sites for hydroxylation is 2. The Morgan fingerprint density at radius 2 is 1.69 bits per heavy atom. The Morgan fingerprint density at radius 3 is 2.34 bits per heavy atom. The topological polar surface area (TPSA) is 81.7 Å². The molecule has 1 amide bonds. The molecule has 1 N–H and O–H groups in total. The van der Waals surface area contributed by atoms with Crippen LogP contribution in [0.2, 0.25) is 0 Å². The number of nitrogens with zero attached hydrogens (tertiary/aromatic N) is 1. The third-order valence-electron chi connectivity index (χ3n) is 5.85. The van der Waals surface area contributed by atoms with E-state index in [4.69, 9.17) is 9.47 Å². The normalized spacial score (nSPS) is 14.6. The minimum Gasteiger partial charge on any atom is -0.465 e. The van der Waals surface area contributed by atoms with E-state index < -0.39 is 5.97 Å². The molecule has 7 nitrogen and oxygen atoms in total. The number of rotatable bonds is 8. The molecule has 1 aliphatic rings. The van der Waals surface area contributed by atoms with Crippen molar-refractivity contribution in [1.82, 2.24) is 0 Å². The number of nitrogens with one attached hydrogen (secondary N) is 1. The minimum atomic E-state index is -0.498. The van der Waals surface area contributed by atoms with Crippen molar-refractivity contribution in [3.8, 4) is 0 Å². The molecular formula is C25H31N2O5+. The lowest BCUT2D eigenvalue weighted by atomic mass is 10.0. The molecule has 0 bridgehead atoms. The summed E-state index contributed by atoms with van der Waals surface area (Å²) in [6.45, 7) is 5.73. The average Bonchev–Trinajstić information content (AvgIpc) is 3.21. The summed E-state index contributed by atoms with van der Waals surface area (Å²) in [6, 6.07) is 13.1. The van der Waals surface area contributed by atoms with Crippen molar-refractivity contribution in [3.63, 3.8) is 0 Å². The van der Waals surface area contributed by atoms with Gasteiger partial charge in [0.25, 0.3) is 5.91 Å². The van der Waals surface area contributed by atoms with Crippen LogP contribution >= 0.6 is 0 Å². The molecule has 0 aliphatic carbocycles. The van der Waals surface area contributed by atoms with E-state index in [0.29, 0.717) is 15.7 Å². The third-order valence-corrected chi connectivity index (χ3v) is 5.85. The summed E-state index contributed by atoms with van der Waals surface area (Å²) in [5.41, 5.74) is 3.40. The Kier molecular flexibility index (Phi) is 7.64. The van der Waals surface area contributed by atoms with Crippen LogP contribution in [-0.2, 0) is 25.7 Å². The first-order valence-electron chi connectivity index (χ1n) is 10.9. The molecule has 0 saturated carbocycles. The van der Waals surface area contributed by atoms with Gasteiger partial charge in [-0.25, -0.2) is 9.59 Å². The molecule has 32 heavy (non-hydrogen) atoms. The molecule has 0 aromatic heterocycles. The lowest BCUT2D eigenvalue weighted by Gasteiger charge is -2.32. The summed E-state index contributed by atoms with van der Waals surface area (Å²) in [7, 11) is 1.32. The van der Waals surface area contributed by atoms with Crippen molar-refractivity contribution in [2.75, 3.05) is 38.6 Å². The fourth-order valence-corrected chi connectivity index (χ4v) is 4.32. The monoisotopic (exact) mass is 439 g/mol. The van der Waals surface area contributed by atoms with Gasteiger partial charge in [-0.1, -0.05) is 36.4 Å². The first-order chi connectivity index (χ1) is 15.3. The number of hydrogen-bond acceptors (Lipinski definition) is 5. The SMILES string of the molecule is COC(=O)c1cc(C)cc(C)c1NC(=O)C[N+]1(CC(=O)OCc2ccccc2)CCCC1. The van der Waals surface area contributed by atoms with Crippen molar-refractivity contribution in [1.29, 1.82) is 0 Å². The minimum absolute atomic E-state index is 0.147. The summed E-state index contributed by atoms with van der Waals surface area (Å²) in [4.78, 5) is 37.8. The molecular weight excluding hydrogens is 408 g/mol. The Bertz CT molecular complexity index is 981. The number of carbonyl (C=O) groups is 3. The van der Waals surface area contributed by atoms with Gasteiger partial charge in [0.1, 0.15) is 6.61 Å². The van der Waals surface area contributed by atoms with Gasteiger partial charge in [-0.15, -0.1) is 0 Å². The third kappa shape index (κ3) is 5.95. The standard InChI is InChI=1S/C25H30N2O5/c1-18-13-19(2)24(21(14-18)25(30)31-3)26-22(28)15-27(11-7-8-12-27)16-23(29)32-17-20-9-5-4-6-10-20/h4-6,9-10,13-14H,7-8,11-12,15-17H2,1-3H3/p+1. The second kappa shape index (κ2) is 10.4. The van der Waals surface area contributed by atoms with Gasteiger partial charge >= 0.3 is 11.9 Å². The highest BCUT2D eigenvalue weighted by atomic mass is 16.5. The van der Waals surface area contributed by atoms with Crippen molar-refractivity contribution in [2.24, 2.45) is 0 Å². The smallest absolute Gasteiger partial charge is 0.362 e. The van der Waals surface area contributed by atoms with Crippen LogP contribution in [0.15, 0.2) is 42.5 Å². The molecule has 3 rings (SSSR count). The average molecular weight is 440 g/mol. The zero-order valence-electron chi connectivity index (χ0n) is 19.0. The van der Waals surface area contributed by atoms with Crippen molar-refractivity contribution >= 4 is 23.5 Å². The molecule has 0 spiro atoms. The number of esters is 2. The Morgan fingerprint density at radius 1 is 1.00 bits per heavy atom. The van der Waals surface area contributed by atoms with Crippen LogP contribution in [-0.4, -0.2) is 55.6 Å². The number of carbonyl (C=O) groups excluding carboxylic acids is 3. The molecule has 2 aromatic carbocycles. The molecule has 1 fully saturated rings. The summed E-state index contributed by atoms with van der Waals surface area (Å²) in [6.07, 6.45) is 1.91. The van der Waals surface area contributed by atoms with Gasteiger partial charge in [-0.2, -0.15) is 0 Å². The fraction of sp³-hybridized carbons (Fsp3) is 0.400. The Labute approximate surface area is 188 Å². The Hall–Kier alpha value is -3.19. The van der Waals surface area contributed by atoms with Gasteiger partial charge in [0.05, 0.1) is 31.5 Å². The molecule has 0 atom stereocenters. The van der Waals surface area contributed by atoms with E-state index in [1.807, 2.05) is 50.2 Å². The van der Waals surface area contributed by atoms with Crippen LogP contribution in [0.4, 0.5) is 5.69 Å². The second-order valence-electron chi connectivity index (χ2n) is 8.50. The predicted molar refractivity (Wildman–Crippen MR) is 121 cm³/mol. The number of amides is 1. The van der Waals surface area contributed by atoms with Crippen molar-refractivity contribution in [2.45, 2.75) is 33.3 Å². The van der Waals surface area contributed by atoms with E-state index in [0.717, 1.165) is 42.6 Å². The maximum absolute atomic E-state index is 13.0. The van der Waals surface area contributed by atoms with Crippen LogP contribution in [0.1, 0.15) is 39.9 Å². The van der Waals surface area contributed by atoms with E-state index in [1.165, 1.54) is 7.11 Å². The number of quaternary nitrogens is 1. The molecule has 7 heteroatoms. The summed E-state index contributed by atoms with van der Waals surface area (Å²) in [5.74, 6) is -1.05. The van der Waals surface area contributed by atoms with Gasteiger partial charge < -0.3 is 19.3 Å². The highest BCUT2D eigenvalue weighted by Crippen LogP contribution is 2.25. The van der Waals surface area contributed by atoms with Gasteiger partial charge in [-0.05, 0) is 36.6 Å². The Balaban J connectivity index is 1.68. The van der Waals surface area contributed by atoms with Gasteiger partial charge in [0, 0.05) is 12.8 Å². The number of anilines is 1. The summed E-state index contributed by atoms with van der Waals surface area (Å²) in [5, 5.41) is 2.90. The largest absolute Gasteiger partial charge is 0.465 e. The molecule has 1 saturated heterocycles. The van der Waals surface area contributed by atoms with Gasteiger partial charge in [-0.3, -0.25) is 4.79 Å². The predicted octanol–water partition coefficient (Wildman–Crippen LogP) is 3.38. The number of likely N-dealkylation sites (tertiary alicyclic amines) is 1. The van der Waals surface area contributed by atoms with Crippen LogP contribution in [0.3, 0.4) is 0 Å². The lowest BCUT2D eigenvalue weighted by Crippen LogP contribution is -2.53. The molecule has 1 heterocycles. The van der Waals surface area contributed by atoms with Gasteiger partial charge in [0.2, 0.25) is 0 Å². The van der Waals surface area contributed by atoms with E-state index in [9.17, 15) is 14.4 Å². The van der Waals surface area contributed by atoms with Crippen molar-refractivity contribution < 1.29 is 28.3 Å². The molecule has 170 valence electrons. The van der Waals surface area contributed by atoms with Crippen LogP contribution in [0.25, 0.3) is 0 Å². The lowest BCUT2D eigenvalue weighted by molar-refractivity contribution is -0.902. The van der Waals surface area contributed by atoms with Crippen molar-refractivity contribution in [3.05, 3.63) is 64.7 Å². The first kappa shape index (κ1) is 23.5. The number of hydrogen-bond donors (Lipinski definition) is 1. The number of ether oxygens (including phenoxy) is 2. The quantitative estimate of drug-likeness (QED) is 0.504. The van der Waals surface area contributed by atoms with Gasteiger partial charge in [0.15, 0.2) is 13.1 Å².